The van der Waals surface area contributed by atoms with Gasteiger partial charge in [-0.2, -0.15) is 17.2 Å². The Labute approximate surface area is 326 Å². The second-order valence-corrected chi connectivity index (χ2v) is 18.2. The maximum Gasteiger partial charge on any atom is -0.109 e. The molecule has 0 N–H and O–H groups in total. The molecule has 256 valence electrons. The number of rotatable bonds is 2. The van der Waals surface area contributed by atoms with E-state index in [4.69, 9.17) is 23.2 Å². The molecule has 0 nitrogen and oxygen atoms in total. The first kappa shape index (κ1) is 37.3. The summed E-state index contributed by atoms with van der Waals surface area (Å²) in [7, 11) is 0. The van der Waals surface area contributed by atoms with Crippen LogP contribution in [0.2, 0.25) is 10.0 Å². The third-order valence-corrected chi connectivity index (χ3v) is 15.6. The van der Waals surface area contributed by atoms with Gasteiger partial charge in [-0.3, -0.25) is 6.08 Å². The first-order chi connectivity index (χ1) is 23.6. The fraction of sp³-hybridized carbons (Fsp3) is 0.362. The molecule has 0 saturated heterocycles. The van der Waals surface area contributed by atoms with Crippen molar-refractivity contribution in [3.05, 3.63) is 164 Å². The van der Waals surface area contributed by atoms with Gasteiger partial charge in [-0.25, -0.2) is 18.1 Å². The summed E-state index contributed by atoms with van der Waals surface area (Å²) in [4.78, 5) is 0. The topological polar surface area (TPSA) is 0 Å². The fourth-order valence-electron chi connectivity index (χ4n) is 9.31. The van der Waals surface area contributed by atoms with Crippen molar-refractivity contribution in [2.45, 2.75) is 81.1 Å². The predicted octanol–water partition coefficient (Wildman–Crippen LogP) is 13.4. The molecule has 1 saturated carbocycles. The first-order valence-corrected chi connectivity index (χ1v) is 20.0. The van der Waals surface area contributed by atoms with Crippen molar-refractivity contribution in [1.82, 2.24) is 0 Å². The van der Waals surface area contributed by atoms with Crippen LogP contribution >= 0.6 is 23.2 Å². The van der Waals surface area contributed by atoms with Crippen LogP contribution in [-0.4, -0.2) is 3.21 Å². The Hall–Kier alpha value is -2.44. The summed E-state index contributed by atoms with van der Waals surface area (Å²) < 4.78 is 1.31. The Kier molecular flexibility index (Phi) is 10.6. The van der Waals surface area contributed by atoms with Crippen LogP contribution in [-0.2, 0) is 30.7 Å². The number of hydrogen-bond acceptors (Lipinski definition) is 0. The molecule has 0 spiro atoms. The molecule has 0 radical (unpaired) electrons. The van der Waals surface area contributed by atoms with Crippen LogP contribution in [0.4, 0.5) is 0 Å². The summed E-state index contributed by atoms with van der Waals surface area (Å²) in [5.41, 5.74) is 12.7. The van der Waals surface area contributed by atoms with Gasteiger partial charge in [-0.15, -0.1) is 13.3 Å². The largest absolute Gasteiger partial charge is 0.273 e. The molecule has 0 amide bonds. The Morgan fingerprint density at radius 3 is 1.94 bits per heavy atom. The van der Waals surface area contributed by atoms with Crippen LogP contribution in [0.5, 0.6) is 0 Å². The van der Waals surface area contributed by atoms with E-state index < -0.39 is 0 Å². The first-order valence-electron chi connectivity index (χ1n) is 18.0. The van der Waals surface area contributed by atoms with Crippen LogP contribution in [0.15, 0.2) is 120 Å². The quantitative estimate of drug-likeness (QED) is 0.227. The standard InChI is InChI=1S/C29H37.C13H8Cl2.C5H5.Zr/c1-18-25-22-17-19-13-9-10-14-20(19)24(22)21-15-11-12-16-23(21)29(25,8)28(6,7)27(4,5)26(18,2)3;14-12-5-1-10(2-6-12)9-11-3-7-13(15)8-4-11;1-2-4-5-3-1;/h9-11,13-15,23H,12,16-17H2,1-8H3;1-8H;1-3H,4H2;/q-1;;-1;+2. The second kappa shape index (κ2) is 14.2. The van der Waals surface area contributed by atoms with Crippen molar-refractivity contribution in [3.8, 4) is 0 Å². The molecule has 2 atom stereocenters. The summed E-state index contributed by atoms with van der Waals surface area (Å²) in [6.45, 7) is 20.3. The molecule has 2 unspecified atom stereocenters. The zero-order chi connectivity index (χ0) is 36.1. The van der Waals surface area contributed by atoms with E-state index in [1.165, 1.54) is 62.5 Å². The number of benzene rings is 3. The summed E-state index contributed by atoms with van der Waals surface area (Å²) >= 11 is 13.1. The zero-order valence-corrected chi connectivity index (χ0v) is 34.9. The number of allylic oxidation sites excluding steroid dienone is 10. The average Bonchev–Trinajstić information content (AvgIpc) is 3.81. The zero-order valence-electron chi connectivity index (χ0n) is 31.0. The van der Waals surface area contributed by atoms with Crippen LogP contribution < -0.4 is 0 Å². The van der Waals surface area contributed by atoms with Crippen LogP contribution in [0.3, 0.4) is 0 Å². The van der Waals surface area contributed by atoms with E-state index >= 15 is 0 Å². The third-order valence-electron chi connectivity index (χ3n) is 13.6. The van der Waals surface area contributed by atoms with Gasteiger partial charge in [0.1, 0.15) is 0 Å². The van der Waals surface area contributed by atoms with E-state index in [-0.39, 0.29) is 21.7 Å². The molecule has 5 aliphatic carbocycles. The van der Waals surface area contributed by atoms with Crippen molar-refractivity contribution < 1.29 is 24.2 Å². The molecular weight excluding hydrogens is 727 g/mol. The normalized spacial score (nSPS) is 24.3. The summed E-state index contributed by atoms with van der Waals surface area (Å²) in [6.07, 6.45) is 18.5. The maximum absolute atomic E-state index is 5.86. The fourth-order valence-corrected chi connectivity index (χ4v) is 10.4. The number of fused-ring (bicyclic) bond motifs is 6. The van der Waals surface area contributed by atoms with Crippen LogP contribution in [0.25, 0.3) is 5.57 Å². The van der Waals surface area contributed by atoms with Gasteiger partial charge in [0.2, 0.25) is 0 Å². The van der Waals surface area contributed by atoms with Gasteiger partial charge >= 0.3 is 120 Å². The molecule has 1 fully saturated rings. The summed E-state index contributed by atoms with van der Waals surface area (Å²) in [5.74, 6) is 2.24. The van der Waals surface area contributed by atoms with Gasteiger partial charge in [0.25, 0.3) is 0 Å². The Bertz CT molecular complexity index is 1870. The molecule has 8 rings (SSSR count). The van der Waals surface area contributed by atoms with Crippen molar-refractivity contribution in [2.24, 2.45) is 27.6 Å². The van der Waals surface area contributed by atoms with E-state index in [1.54, 1.807) is 28.2 Å². The molecule has 50 heavy (non-hydrogen) atoms. The molecule has 0 bridgehead atoms. The number of halogens is 2. The van der Waals surface area contributed by atoms with Gasteiger partial charge in [0, 0.05) is 0 Å². The number of hydrogen-bond donors (Lipinski definition) is 0. The van der Waals surface area contributed by atoms with Gasteiger partial charge in [-0.1, -0.05) is 113 Å². The molecule has 5 aliphatic rings. The van der Waals surface area contributed by atoms with E-state index in [1.807, 2.05) is 60.7 Å². The van der Waals surface area contributed by atoms with Crippen LogP contribution in [0, 0.1) is 39.6 Å². The minimum Gasteiger partial charge on any atom is -0.273 e. The average molecular weight is 777 g/mol. The maximum atomic E-state index is 5.86. The van der Waals surface area contributed by atoms with Crippen molar-refractivity contribution in [1.29, 1.82) is 0 Å². The SMILES string of the molecule is C[C-]1C2=C3Cc4ccccc4C3=C3C=CCCC3C2(C)C(C)(C)C(C)(C)C1(C)C.Clc1ccc([C](=[Zr+2])c2ccc(Cl)cc2)cc1.[C-]1=CC=CC1. The second-order valence-electron chi connectivity index (χ2n) is 16.1. The smallest absolute Gasteiger partial charge is 0.109 e. The van der Waals surface area contributed by atoms with Gasteiger partial charge < -0.3 is 0 Å². The van der Waals surface area contributed by atoms with Crippen LogP contribution in [0.1, 0.15) is 96.9 Å². The molecule has 3 aromatic rings. The van der Waals surface area contributed by atoms with E-state index in [9.17, 15) is 0 Å². The minimum absolute atomic E-state index is 0.164. The molecule has 0 heterocycles. The van der Waals surface area contributed by atoms with Crippen molar-refractivity contribution in [3.63, 3.8) is 0 Å². The van der Waals surface area contributed by atoms with E-state index in [2.05, 4.69) is 104 Å². The van der Waals surface area contributed by atoms with Gasteiger partial charge in [-0.05, 0) is 40.6 Å². The van der Waals surface area contributed by atoms with Crippen molar-refractivity contribution in [2.75, 3.05) is 0 Å². The molecule has 0 aromatic heterocycles. The third kappa shape index (κ3) is 6.12. The minimum atomic E-state index is 0.164. The monoisotopic (exact) mass is 774 g/mol. The van der Waals surface area contributed by atoms with E-state index in [0.717, 1.165) is 22.9 Å². The molecular formula is C47H50Cl2Zr. The van der Waals surface area contributed by atoms with Gasteiger partial charge in [0.05, 0.1) is 0 Å². The predicted molar refractivity (Wildman–Crippen MR) is 212 cm³/mol. The summed E-state index contributed by atoms with van der Waals surface area (Å²) in [6, 6.07) is 25.0. The Morgan fingerprint density at radius 2 is 1.40 bits per heavy atom. The molecule has 3 heteroatoms. The van der Waals surface area contributed by atoms with Gasteiger partial charge in [0.15, 0.2) is 0 Å². The Balaban J connectivity index is 0.000000171. The molecule has 3 aromatic carbocycles. The van der Waals surface area contributed by atoms with E-state index in [0.29, 0.717) is 5.92 Å². The Morgan fingerprint density at radius 1 is 0.800 bits per heavy atom. The molecule has 0 aliphatic heterocycles. The summed E-state index contributed by atoms with van der Waals surface area (Å²) in [5, 5.41) is 1.53. The van der Waals surface area contributed by atoms with Crippen molar-refractivity contribution >= 4 is 32.0 Å².